The second kappa shape index (κ2) is 5.17. The molecule has 0 spiro atoms. The zero-order chi connectivity index (χ0) is 14.0. The third kappa shape index (κ3) is 2.56. The molecule has 1 aromatic carbocycles. The number of aryl methyl sites for hydroxylation is 1. The molecule has 1 fully saturated rings. The van der Waals surface area contributed by atoms with E-state index >= 15 is 0 Å². The van der Waals surface area contributed by atoms with Crippen LogP contribution in [0, 0.1) is 18.3 Å². The van der Waals surface area contributed by atoms with Gasteiger partial charge in [-0.2, -0.15) is 9.57 Å². The molecule has 19 heavy (non-hydrogen) atoms. The van der Waals surface area contributed by atoms with Gasteiger partial charge in [0, 0.05) is 6.54 Å². The van der Waals surface area contributed by atoms with E-state index in [2.05, 4.69) is 0 Å². The first-order valence-corrected chi connectivity index (χ1v) is 7.27. The van der Waals surface area contributed by atoms with Crippen LogP contribution in [0.2, 0.25) is 0 Å². The number of hydrogen-bond acceptors (Lipinski definition) is 5. The van der Waals surface area contributed by atoms with E-state index < -0.39 is 16.1 Å². The van der Waals surface area contributed by atoms with Gasteiger partial charge in [0.05, 0.1) is 24.9 Å². The van der Waals surface area contributed by atoms with Crippen LogP contribution in [0.3, 0.4) is 0 Å². The van der Waals surface area contributed by atoms with E-state index in [0.717, 1.165) is 0 Å². The fourth-order valence-corrected chi connectivity index (χ4v) is 3.82. The number of sulfonamides is 1. The van der Waals surface area contributed by atoms with E-state index in [1.807, 2.05) is 6.07 Å². The second-order valence-corrected chi connectivity index (χ2v) is 6.22. The molecule has 0 bridgehead atoms. The predicted molar refractivity (Wildman–Crippen MR) is 69.7 cm³/mol. The molecule has 6 nitrogen and oxygen atoms in total. The number of rotatable bonds is 2. The van der Waals surface area contributed by atoms with E-state index in [1.165, 1.54) is 4.31 Å². The number of nitrogens with two attached hydrogens (primary N) is 1. The average molecular weight is 281 g/mol. The first kappa shape index (κ1) is 13.8. The minimum Gasteiger partial charge on any atom is -0.398 e. The standard InChI is InChI=1S/C12H15N3O3S/c1-9-3-2-4-11(14)12(9)19(16,17)15-5-6-18-10(7-13)8-15/h2-4,10H,5-6,8,14H2,1H3. The summed E-state index contributed by atoms with van der Waals surface area (Å²) in [6.07, 6.45) is -0.728. The lowest BCUT2D eigenvalue weighted by Crippen LogP contribution is -2.45. The van der Waals surface area contributed by atoms with E-state index in [-0.39, 0.29) is 30.3 Å². The average Bonchev–Trinajstić information content (AvgIpc) is 2.38. The maximum atomic E-state index is 12.6. The topological polar surface area (TPSA) is 96.4 Å². The van der Waals surface area contributed by atoms with Crippen molar-refractivity contribution in [2.24, 2.45) is 0 Å². The zero-order valence-electron chi connectivity index (χ0n) is 10.5. The fourth-order valence-electron chi connectivity index (χ4n) is 2.08. The van der Waals surface area contributed by atoms with Crippen molar-refractivity contribution in [2.75, 3.05) is 25.4 Å². The molecule has 2 rings (SSSR count). The summed E-state index contributed by atoms with van der Waals surface area (Å²) in [6, 6.07) is 6.89. The Bertz CT molecular complexity index is 601. The van der Waals surface area contributed by atoms with Gasteiger partial charge >= 0.3 is 0 Å². The highest BCUT2D eigenvalue weighted by Gasteiger charge is 2.32. The number of nitrogen functional groups attached to an aromatic ring is 1. The Morgan fingerprint density at radius 1 is 1.53 bits per heavy atom. The largest absolute Gasteiger partial charge is 0.398 e. The van der Waals surface area contributed by atoms with Crippen LogP contribution < -0.4 is 5.73 Å². The van der Waals surface area contributed by atoms with Gasteiger partial charge in [0.1, 0.15) is 4.90 Å². The summed E-state index contributed by atoms with van der Waals surface area (Å²) in [5.74, 6) is 0. The molecular weight excluding hydrogens is 266 g/mol. The molecule has 1 saturated heterocycles. The van der Waals surface area contributed by atoms with Crippen LogP contribution >= 0.6 is 0 Å². The smallest absolute Gasteiger partial charge is 0.245 e. The van der Waals surface area contributed by atoms with Crippen LogP contribution in [0.15, 0.2) is 23.1 Å². The first-order valence-electron chi connectivity index (χ1n) is 5.83. The van der Waals surface area contributed by atoms with E-state index in [0.29, 0.717) is 5.56 Å². The van der Waals surface area contributed by atoms with Gasteiger partial charge in [-0.05, 0) is 18.6 Å². The Hall–Kier alpha value is -1.62. The molecule has 7 heteroatoms. The molecular formula is C12H15N3O3S. The van der Waals surface area contributed by atoms with Crippen LogP contribution in [-0.4, -0.2) is 38.5 Å². The van der Waals surface area contributed by atoms with Gasteiger partial charge in [-0.25, -0.2) is 8.42 Å². The van der Waals surface area contributed by atoms with Crippen molar-refractivity contribution in [1.82, 2.24) is 4.31 Å². The fraction of sp³-hybridized carbons (Fsp3) is 0.417. The normalized spacial score (nSPS) is 20.9. The predicted octanol–water partition coefficient (Wildman–Crippen LogP) is 0.490. The molecule has 0 aliphatic carbocycles. The van der Waals surface area contributed by atoms with Crippen molar-refractivity contribution in [3.8, 4) is 6.07 Å². The van der Waals surface area contributed by atoms with Gasteiger partial charge in [0.25, 0.3) is 0 Å². The first-order chi connectivity index (χ1) is 8.96. The molecule has 0 saturated carbocycles. The number of hydrogen-bond donors (Lipinski definition) is 1. The Balaban J connectivity index is 2.40. The molecule has 2 N–H and O–H groups in total. The molecule has 1 heterocycles. The van der Waals surface area contributed by atoms with Crippen molar-refractivity contribution in [2.45, 2.75) is 17.9 Å². The number of benzene rings is 1. The highest BCUT2D eigenvalue weighted by molar-refractivity contribution is 7.89. The molecule has 1 aromatic rings. The number of morpholine rings is 1. The van der Waals surface area contributed by atoms with Gasteiger partial charge in [-0.1, -0.05) is 12.1 Å². The quantitative estimate of drug-likeness (QED) is 0.796. The van der Waals surface area contributed by atoms with Crippen molar-refractivity contribution < 1.29 is 13.2 Å². The van der Waals surface area contributed by atoms with E-state index in [9.17, 15) is 8.42 Å². The molecule has 1 aliphatic rings. The third-order valence-electron chi connectivity index (χ3n) is 3.01. The van der Waals surface area contributed by atoms with Crippen LogP contribution in [0.4, 0.5) is 5.69 Å². The SMILES string of the molecule is Cc1cccc(N)c1S(=O)(=O)N1CCOC(C#N)C1. The van der Waals surface area contributed by atoms with Gasteiger partial charge in [-0.15, -0.1) is 0 Å². The van der Waals surface area contributed by atoms with Gasteiger partial charge in [0.15, 0.2) is 6.10 Å². The monoisotopic (exact) mass is 281 g/mol. The molecule has 1 unspecified atom stereocenters. The Morgan fingerprint density at radius 3 is 2.89 bits per heavy atom. The van der Waals surface area contributed by atoms with E-state index in [1.54, 1.807) is 25.1 Å². The van der Waals surface area contributed by atoms with Gasteiger partial charge in [0.2, 0.25) is 10.0 Å². The molecule has 0 amide bonds. The number of nitrogens with zero attached hydrogens (tertiary/aromatic N) is 2. The maximum Gasteiger partial charge on any atom is 0.245 e. The Labute approximate surface area is 112 Å². The van der Waals surface area contributed by atoms with Crippen molar-refractivity contribution in [3.05, 3.63) is 23.8 Å². The summed E-state index contributed by atoms with van der Waals surface area (Å²) in [7, 11) is -3.69. The molecule has 0 radical (unpaired) electrons. The lowest BCUT2D eigenvalue weighted by molar-refractivity contribution is 0.0311. The van der Waals surface area contributed by atoms with Crippen molar-refractivity contribution >= 4 is 15.7 Å². The Morgan fingerprint density at radius 2 is 2.26 bits per heavy atom. The van der Waals surface area contributed by atoms with Crippen LogP contribution in [0.25, 0.3) is 0 Å². The molecule has 1 atom stereocenters. The summed E-state index contributed by atoms with van der Waals surface area (Å²) in [5.41, 5.74) is 6.60. The van der Waals surface area contributed by atoms with Gasteiger partial charge < -0.3 is 10.5 Å². The second-order valence-electron chi connectivity index (χ2n) is 4.34. The molecule has 1 aliphatic heterocycles. The van der Waals surface area contributed by atoms with Crippen LogP contribution in [-0.2, 0) is 14.8 Å². The van der Waals surface area contributed by atoms with Crippen LogP contribution in [0.1, 0.15) is 5.56 Å². The third-order valence-corrected chi connectivity index (χ3v) is 5.10. The van der Waals surface area contributed by atoms with Crippen molar-refractivity contribution in [1.29, 1.82) is 5.26 Å². The summed E-state index contributed by atoms with van der Waals surface area (Å²) < 4.78 is 31.5. The summed E-state index contributed by atoms with van der Waals surface area (Å²) >= 11 is 0. The van der Waals surface area contributed by atoms with Crippen LogP contribution in [0.5, 0.6) is 0 Å². The highest BCUT2D eigenvalue weighted by atomic mass is 32.2. The molecule has 0 aromatic heterocycles. The van der Waals surface area contributed by atoms with Crippen molar-refractivity contribution in [3.63, 3.8) is 0 Å². The minimum atomic E-state index is -3.69. The number of nitriles is 1. The number of ether oxygens (including phenoxy) is 1. The summed E-state index contributed by atoms with van der Waals surface area (Å²) in [5, 5.41) is 8.83. The highest BCUT2D eigenvalue weighted by Crippen LogP contribution is 2.26. The Kier molecular flexibility index (Phi) is 3.75. The lowest BCUT2D eigenvalue weighted by Gasteiger charge is -2.29. The molecule has 102 valence electrons. The number of anilines is 1. The summed E-state index contributed by atoms with van der Waals surface area (Å²) in [4.78, 5) is 0.119. The summed E-state index contributed by atoms with van der Waals surface area (Å²) in [6.45, 7) is 2.18. The lowest BCUT2D eigenvalue weighted by atomic mass is 10.2. The van der Waals surface area contributed by atoms with E-state index in [4.69, 9.17) is 15.7 Å². The zero-order valence-corrected chi connectivity index (χ0v) is 11.4. The van der Waals surface area contributed by atoms with Gasteiger partial charge in [-0.3, -0.25) is 0 Å². The minimum absolute atomic E-state index is 0.0343. The maximum absolute atomic E-state index is 12.6.